The Morgan fingerprint density at radius 3 is 0.522 bits per heavy atom. The molecule has 422 valence electrons. The van der Waals surface area contributed by atoms with Crippen molar-refractivity contribution in [1.29, 1.82) is 0 Å². The Kier molecular flexibility index (Phi) is 15.2. The molecule has 0 radical (unpaired) electrons. The standard InChI is InChI=1S/C66H30.2C12H10O/c1-7-49-25-19-43-31-44-21-27-51-9-3-15-57-38-59-17-5-11-53(65(59)41-63(51)57)29-23-47-34-46(20-26-50-8-2-14-56-37-55(13-1)61(49)40-62(50)56)35-48(36-47)24-30-54-12-6-18-60-39-58-16-4-10-52(64(58)42-66(54)60)28-22-45(32-43)33-44;2*1-3-7-11(8-4-1)13-12-9-5-2-6-10-12/h1-18,31-42H;2*1-10H. The first-order valence-electron chi connectivity index (χ1n) is 30.4. The molecule has 18 aromatic rings. The molecule has 2 heteroatoms. The van der Waals surface area contributed by atoms with Crippen LogP contribution in [0.15, 0.2) is 303 Å². The summed E-state index contributed by atoms with van der Waals surface area (Å²) in [4.78, 5) is 0. The fourth-order valence-corrected chi connectivity index (χ4v) is 11.6. The highest BCUT2D eigenvalue weighted by Gasteiger charge is 2.06. The van der Waals surface area contributed by atoms with E-state index in [1.165, 1.54) is 0 Å². The molecule has 0 aliphatic rings. The molecule has 18 rings (SSSR count). The summed E-state index contributed by atoms with van der Waals surface area (Å²) in [5, 5.41) is 23.7. The molecule has 0 amide bonds. The van der Waals surface area contributed by atoms with E-state index in [0.717, 1.165) is 152 Å². The summed E-state index contributed by atoms with van der Waals surface area (Å²) in [7, 11) is 0. The minimum atomic E-state index is 0.834. The van der Waals surface area contributed by atoms with Crippen molar-refractivity contribution in [2.24, 2.45) is 0 Å². The Labute approximate surface area is 534 Å². The lowest BCUT2D eigenvalue weighted by Crippen LogP contribution is -1.81. The van der Waals surface area contributed by atoms with Gasteiger partial charge in [-0.3, -0.25) is 0 Å². The average Bonchev–Trinajstić information content (AvgIpc) is 0.875. The largest absolute Gasteiger partial charge is 0.457 e. The number of para-hydroxylation sites is 4. The SMILES string of the molecule is c1c2cc3c#cc4cccc5cc6cccc(c#cc7cc(c#cc8cccc9cc%10cccc(c#1)c%10cc89)cc(c#cc1cccc8cc9cccc(c#cc(c2)c3)c9cc18)c7)c6cc45.c1ccc(Oc2ccccc2)cc1.c1ccc(Oc2ccccc2)cc1. The van der Waals surface area contributed by atoms with Crippen LogP contribution in [0.2, 0.25) is 0 Å². The molecule has 2 nitrogen and oxygen atoms in total. The lowest BCUT2D eigenvalue weighted by molar-refractivity contribution is 0.482. The van der Waals surface area contributed by atoms with Crippen molar-refractivity contribution >= 4 is 129 Å². The van der Waals surface area contributed by atoms with Gasteiger partial charge in [-0.1, -0.05) is 218 Å². The number of benzene rings is 15. The van der Waals surface area contributed by atoms with E-state index in [1.807, 2.05) is 121 Å². The van der Waals surface area contributed by atoms with Gasteiger partial charge in [-0.25, -0.2) is 0 Å². The van der Waals surface area contributed by atoms with Gasteiger partial charge >= 0.3 is 0 Å². The van der Waals surface area contributed by atoms with Gasteiger partial charge in [0, 0.05) is 64.6 Å². The Hall–Kier alpha value is -13.2. The van der Waals surface area contributed by atoms with Crippen molar-refractivity contribution in [3.63, 3.8) is 0 Å². The second-order valence-corrected chi connectivity index (χ2v) is 22.3. The van der Waals surface area contributed by atoms with Crippen LogP contribution in [0.5, 0.6) is 23.0 Å². The van der Waals surface area contributed by atoms with Gasteiger partial charge in [0.25, 0.3) is 0 Å². The van der Waals surface area contributed by atoms with Gasteiger partial charge in [-0.05, 0) is 222 Å². The molecule has 0 fully saturated rings. The highest BCUT2D eigenvalue weighted by atomic mass is 16.5. The zero-order chi connectivity index (χ0) is 61.4. The molecule has 92 heavy (non-hydrogen) atoms. The normalized spacial score (nSPS) is 10.5. The van der Waals surface area contributed by atoms with Crippen LogP contribution >= 0.6 is 0 Å². The van der Waals surface area contributed by atoms with Gasteiger partial charge in [0.2, 0.25) is 0 Å². The Morgan fingerprint density at radius 2 is 0.337 bits per heavy atom. The van der Waals surface area contributed by atoms with E-state index in [-0.39, 0.29) is 0 Å². The fourth-order valence-electron chi connectivity index (χ4n) is 11.6. The molecule has 0 unspecified atom stereocenters. The Morgan fingerprint density at radius 1 is 0.152 bits per heavy atom. The molecule has 12 bridgehead atoms. The first kappa shape index (κ1) is 55.4. The minimum absolute atomic E-state index is 0.834. The van der Waals surface area contributed by atoms with E-state index in [1.54, 1.807) is 0 Å². The van der Waals surface area contributed by atoms with Crippen LogP contribution in [-0.4, -0.2) is 0 Å². The van der Waals surface area contributed by atoms with Gasteiger partial charge in [-0.15, -0.1) is 0 Å². The summed E-state index contributed by atoms with van der Waals surface area (Å²) in [5.74, 6) is 3.48. The zero-order valence-corrected chi connectivity index (χ0v) is 49.7. The van der Waals surface area contributed by atoms with Crippen molar-refractivity contribution in [3.05, 3.63) is 376 Å². The lowest BCUT2D eigenvalue weighted by atomic mass is 10.00. The summed E-state index contributed by atoms with van der Waals surface area (Å²) in [6.45, 7) is 0. The molecule has 0 N–H and O–H groups in total. The number of hydrogen-bond acceptors (Lipinski definition) is 2. The molecule has 0 heterocycles. The summed E-state index contributed by atoms with van der Waals surface area (Å²) < 4.78 is 11.2. The fraction of sp³-hybridized carbons (Fsp3) is 0. The lowest BCUT2D eigenvalue weighted by Gasteiger charge is -2.03. The molecular weight excluding hydrogens is 1110 g/mol. The van der Waals surface area contributed by atoms with Crippen LogP contribution in [0, 0.1) is 72.8 Å². The molecular formula is C90H50O2. The van der Waals surface area contributed by atoms with Gasteiger partial charge in [-0.2, -0.15) is 0 Å². The predicted octanol–water partition coefficient (Wildman–Crippen LogP) is 23.5. The summed E-state index contributed by atoms with van der Waals surface area (Å²) in [5.41, 5.74) is 0. The van der Waals surface area contributed by atoms with E-state index in [4.69, 9.17) is 9.47 Å². The Balaban J connectivity index is 0.000000222. The van der Waals surface area contributed by atoms with Crippen LogP contribution in [0.3, 0.4) is 0 Å². The second kappa shape index (κ2) is 25.3. The molecule has 0 spiro atoms. The first-order valence-corrected chi connectivity index (χ1v) is 30.4. The number of rotatable bonds is 4. The maximum atomic E-state index is 5.58. The van der Waals surface area contributed by atoms with Gasteiger partial charge < -0.3 is 9.47 Å². The predicted molar refractivity (Wildman–Crippen MR) is 381 cm³/mol. The van der Waals surface area contributed by atoms with Gasteiger partial charge in [0.15, 0.2) is 0 Å². The molecule has 0 aromatic heterocycles. The maximum Gasteiger partial charge on any atom is 0.127 e. The third kappa shape index (κ3) is 12.4. The topological polar surface area (TPSA) is 18.5 Å². The minimum Gasteiger partial charge on any atom is -0.457 e. The third-order valence-corrected chi connectivity index (χ3v) is 16.0. The second-order valence-electron chi connectivity index (χ2n) is 22.3. The van der Waals surface area contributed by atoms with Crippen molar-refractivity contribution in [2.75, 3.05) is 0 Å². The van der Waals surface area contributed by atoms with Crippen molar-refractivity contribution in [1.82, 2.24) is 0 Å². The summed E-state index contributed by atoms with van der Waals surface area (Å²) >= 11 is 0. The molecule has 0 aliphatic heterocycles. The molecule has 0 aliphatic carbocycles. The monoisotopic (exact) mass is 1160 g/mol. The van der Waals surface area contributed by atoms with Crippen LogP contribution in [0.25, 0.3) is 129 Å². The van der Waals surface area contributed by atoms with Crippen LogP contribution < -0.4 is 9.47 Å². The average molecular weight is 1160 g/mol. The van der Waals surface area contributed by atoms with E-state index >= 15 is 0 Å². The molecule has 0 atom stereocenters. The maximum absolute atomic E-state index is 5.58. The highest BCUT2D eigenvalue weighted by molar-refractivity contribution is 6.12. The van der Waals surface area contributed by atoms with Gasteiger partial charge in [0.05, 0.1) is 0 Å². The molecule has 0 saturated heterocycles. The summed E-state index contributed by atoms with van der Waals surface area (Å²) in [6, 6.07) is 145. The van der Waals surface area contributed by atoms with Crippen molar-refractivity contribution in [3.8, 4) is 23.0 Å². The number of hydrogen-bond donors (Lipinski definition) is 0. The zero-order valence-electron chi connectivity index (χ0n) is 49.7. The molecule has 0 saturated carbocycles. The van der Waals surface area contributed by atoms with E-state index in [9.17, 15) is 0 Å². The van der Waals surface area contributed by atoms with Crippen LogP contribution in [0.4, 0.5) is 0 Å². The summed E-state index contributed by atoms with van der Waals surface area (Å²) in [6.07, 6.45) is 0. The van der Waals surface area contributed by atoms with Gasteiger partial charge in [0.1, 0.15) is 23.0 Å². The number of ether oxygens (including phenoxy) is 2. The smallest absolute Gasteiger partial charge is 0.127 e. The van der Waals surface area contributed by atoms with E-state index < -0.39 is 0 Å². The van der Waals surface area contributed by atoms with Crippen LogP contribution in [0.1, 0.15) is 0 Å². The van der Waals surface area contributed by atoms with Crippen molar-refractivity contribution in [2.45, 2.75) is 0 Å². The Bertz CT molecular complexity index is 4900. The first-order chi connectivity index (χ1) is 45.5. The third-order valence-electron chi connectivity index (χ3n) is 16.0. The van der Waals surface area contributed by atoms with E-state index in [2.05, 4.69) is 255 Å². The van der Waals surface area contributed by atoms with Crippen molar-refractivity contribution < 1.29 is 9.47 Å². The quantitative estimate of drug-likeness (QED) is 0.164. The highest BCUT2D eigenvalue weighted by Crippen LogP contribution is 2.32. The van der Waals surface area contributed by atoms with E-state index in [0.29, 0.717) is 0 Å². The van der Waals surface area contributed by atoms with Crippen LogP contribution in [-0.2, 0) is 0 Å². The molecule has 18 aromatic carbocycles.